The zero-order chi connectivity index (χ0) is 14.3. The maximum atomic E-state index is 11.0. The van der Waals surface area contributed by atoms with Crippen LogP contribution < -0.4 is 4.90 Å². The van der Waals surface area contributed by atoms with E-state index in [2.05, 4.69) is 9.97 Å². The molecule has 0 radical (unpaired) electrons. The average molecular weight is 265 g/mol. The summed E-state index contributed by atoms with van der Waals surface area (Å²) in [5.74, 6) is -0.611. The van der Waals surface area contributed by atoms with Gasteiger partial charge in [0.05, 0.1) is 11.2 Å². The third kappa shape index (κ3) is 3.20. The van der Waals surface area contributed by atoms with Crippen molar-refractivity contribution in [1.29, 1.82) is 0 Å². The minimum atomic E-state index is -1.05. The van der Waals surface area contributed by atoms with Crippen LogP contribution in [0.25, 0.3) is 0 Å². The van der Waals surface area contributed by atoms with Gasteiger partial charge < -0.3 is 14.7 Å². The highest BCUT2D eigenvalue weighted by atomic mass is 16.5. The van der Waals surface area contributed by atoms with Crippen molar-refractivity contribution in [2.24, 2.45) is 0 Å². The Kier molecular flexibility index (Phi) is 3.22. The van der Waals surface area contributed by atoms with Gasteiger partial charge in [-0.3, -0.25) is 0 Å². The first-order valence-corrected chi connectivity index (χ1v) is 6.20. The van der Waals surface area contributed by atoms with Crippen LogP contribution in [0.15, 0.2) is 12.3 Å². The molecule has 2 rings (SSSR count). The molecule has 0 amide bonds. The maximum absolute atomic E-state index is 11.0. The van der Waals surface area contributed by atoms with E-state index in [9.17, 15) is 4.79 Å². The Balaban J connectivity index is 2.30. The molecular weight excluding hydrogens is 246 g/mol. The van der Waals surface area contributed by atoms with Crippen molar-refractivity contribution in [2.75, 3.05) is 18.0 Å². The highest BCUT2D eigenvalue weighted by Crippen LogP contribution is 2.29. The minimum Gasteiger partial charge on any atom is -0.477 e. The van der Waals surface area contributed by atoms with Gasteiger partial charge in [0.25, 0.3) is 0 Å². The zero-order valence-corrected chi connectivity index (χ0v) is 11.7. The normalized spacial score (nSPS) is 21.2. The van der Waals surface area contributed by atoms with Gasteiger partial charge in [0.2, 0.25) is 5.95 Å². The Bertz CT molecular complexity index is 484. The molecule has 1 aliphatic rings. The van der Waals surface area contributed by atoms with E-state index in [1.165, 1.54) is 12.3 Å². The Morgan fingerprint density at radius 2 is 1.89 bits per heavy atom. The summed E-state index contributed by atoms with van der Waals surface area (Å²) in [6.07, 6.45) is 1.47. The van der Waals surface area contributed by atoms with Crippen LogP contribution in [0.3, 0.4) is 0 Å². The van der Waals surface area contributed by atoms with Gasteiger partial charge in [-0.1, -0.05) is 0 Å². The van der Waals surface area contributed by atoms with Gasteiger partial charge >= 0.3 is 5.97 Å². The number of hydrogen-bond donors (Lipinski definition) is 1. The van der Waals surface area contributed by atoms with Gasteiger partial charge in [-0.15, -0.1) is 0 Å². The Morgan fingerprint density at radius 1 is 1.32 bits per heavy atom. The number of rotatable bonds is 2. The minimum absolute atomic E-state index is 0.00658. The lowest BCUT2D eigenvalue weighted by molar-refractivity contribution is -0.133. The van der Waals surface area contributed by atoms with Crippen LogP contribution in [0.4, 0.5) is 5.95 Å². The highest BCUT2D eigenvalue weighted by molar-refractivity contribution is 5.85. The standard InChI is InChI=1S/C13H19N3O3/c1-12(2)7-16(8-13(3,4)19-12)11-14-6-5-9(15-11)10(17)18/h5-6H,7-8H2,1-4H3,(H,17,18). The smallest absolute Gasteiger partial charge is 0.354 e. The van der Waals surface area contributed by atoms with E-state index in [-0.39, 0.29) is 16.9 Å². The molecule has 0 bridgehead atoms. The molecule has 1 N–H and O–H groups in total. The molecule has 0 spiro atoms. The van der Waals surface area contributed by atoms with Gasteiger partial charge in [-0.05, 0) is 33.8 Å². The van der Waals surface area contributed by atoms with Crippen LogP contribution in [-0.4, -0.2) is 45.3 Å². The van der Waals surface area contributed by atoms with Crippen molar-refractivity contribution in [3.05, 3.63) is 18.0 Å². The predicted molar refractivity (Wildman–Crippen MR) is 70.4 cm³/mol. The fourth-order valence-electron chi connectivity index (χ4n) is 2.55. The third-order valence-electron chi connectivity index (χ3n) is 2.84. The van der Waals surface area contributed by atoms with Crippen molar-refractivity contribution in [3.63, 3.8) is 0 Å². The number of anilines is 1. The lowest BCUT2D eigenvalue weighted by atomic mass is 9.99. The monoisotopic (exact) mass is 265 g/mol. The Hall–Kier alpha value is -1.69. The molecule has 1 aliphatic heterocycles. The summed E-state index contributed by atoms with van der Waals surface area (Å²) >= 11 is 0. The quantitative estimate of drug-likeness (QED) is 0.874. The predicted octanol–water partition coefficient (Wildman–Crippen LogP) is 1.57. The summed E-state index contributed by atoms with van der Waals surface area (Å²) in [4.78, 5) is 21.2. The van der Waals surface area contributed by atoms with Crippen molar-refractivity contribution in [3.8, 4) is 0 Å². The Morgan fingerprint density at radius 3 is 2.42 bits per heavy atom. The van der Waals surface area contributed by atoms with Crippen molar-refractivity contribution in [2.45, 2.75) is 38.9 Å². The van der Waals surface area contributed by atoms with E-state index in [4.69, 9.17) is 9.84 Å². The van der Waals surface area contributed by atoms with E-state index in [1.807, 2.05) is 32.6 Å². The number of ether oxygens (including phenoxy) is 1. The summed E-state index contributed by atoms with van der Waals surface area (Å²) < 4.78 is 5.98. The number of hydrogen-bond acceptors (Lipinski definition) is 5. The van der Waals surface area contributed by atoms with E-state index in [0.29, 0.717) is 19.0 Å². The topological polar surface area (TPSA) is 75.6 Å². The van der Waals surface area contributed by atoms with Crippen LogP contribution in [0.5, 0.6) is 0 Å². The molecule has 0 saturated carbocycles. The fourth-order valence-corrected chi connectivity index (χ4v) is 2.55. The van der Waals surface area contributed by atoms with Gasteiger partial charge in [0, 0.05) is 19.3 Å². The number of carboxylic acid groups (broad SMARTS) is 1. The molecule has 0 atom stereocenters. The van der Waals surface area contributed by atoms with Crippen molar-refractivity contribution >= 4 is 11.9 Å². The lowest BCUT2D eigenvalue weighted by Gasteiger charge is -2.47. The second-order valence-corrected chi connectivity index (χ2v) is 6.02. The first kappa shape index (κ1) is 13.7. The van der Waals surface area contributed by atoms with Crippen LogP contribution >= 0.6 is 0 Å². The molecule has 6 nitrogen and oxygen atoms in total. The number of morpholine rings is 1. The molecule has 0 unspecified atom stereocenters. The Labute approximate surface area is 112 Å². The maximum Gasteiger partial charge on any atom is 0.354 e. The summed E-state index contributed by atoms with van der Waals surface area (Å²) in [7, 11) is 0. The number of nitrogens with zero attached hydrogens (tertiary/aromatic N) is 3. The molecule has 6 heteroatoms. The van der Waals surface area contributed by atoms with E-state index < -0.39 is 5.97 Å². The van der Waals surface area contributed by atoms with Crippen LogP contribution in [0.2, 0.25) is 0 Å². The lowest BCUT2D eigenvalue weighted by Crippen LogP contribution is -2.57. The average Bonchev–Trinajstić information content (AvgIpc) is 2.25. The second kappa shape index (κ2) is 4.45. The molecule has 0 aromatic carbocycles. The largest absolute Gasteiger partial charge is 0.477 e. The van der Waals surface area contributed by atoms with Gasteiger partial charge in [-0.25, -0.2) is 14.8 Å². The molecule has 19 heavy (non-hydrogen) atoms. The number of aromatic carboxylic acids is 1. The van der Waals surface area contributed by atoms with Crippen molar-refractivity contribution < 1.29 is 14.6 Å². The van der Waals surface area contributed by atoms with Gasteiger partial charge in [0.1, 0.15) is 0 Å². The first-order valence-electron chi connectivity index (χ1n) is 6.20. The summed E-state index contributed by atoms with van der Waals surface area (Å²) in [5.41, 5.74) is -0.651. The summed E-state index contributed by atoms with van der Waals surface area (Å²) in [6, 6.07) is 1.39. The molecular formula is C13H19N3O3. The molecule has 0 aliphatic carbocycles. The second-order valence-electron chi connectivity index (χ2n) is 6.02. The molecule has 2 heterocycles. The highest BCUT2D eigenvalue weighted by Gasteiger charge is 2.39. The number of aromatic nitrogens is 2. The summed E-state index contributed by atoms with van der Waals surface area (Å²) in [6.45, 7) is 9.26. The SMILES string of the molecule is CC1(C)CN(c2nccc(C(=O)O)n2)CC(C)(C)O1. The molecule has 1 saturated heterocycles. The van der Waals surface area contributed by atoms with Crippen LogP contribution in [-0.2, 0) is 4.74 Å². The van der Waals surface area contributed by atoms with Gasteiger partial charge in [0.15, 0.2) is 5.69 Å². The van der Waals surface area contributed by atoms with Crippen LogP contribution in [0.1, 0.15) is 38.2 Å². The van der Waals surface area contributed by atoms with E-state index >= 15 is 0 Å². The number of carboxylic acids is 1. The van der Waals surface area contributed by atoms with Crippen molar-refractivity contribution in [1.82, 2.24) is 9.97 Å². The van der Waals surface area contributed by atoms with Crippen LogP contribution in [0, 0.1) is 0 Å². The molecule has 1 aromatic rings. The zero-order valence-electron chi connectivity index (χ0n) is 11.7. The van der Waals surface area contributed by atoms with E-state index in [0.717, 1.165) is 0 Å². The summed E-state index contributed by atoms with van der Waals surface area (Å²) in [5, 5.41) is 8.98. The first-order chi connectivity index (χ1) is 8.69. The number of carbonyl (C=O) groups is 1. The van der Waals surface area contributed by atoms with E-state index in [1.54, 1.807) is 0 Å². The molecule has 1 fully saturated rings. The molecule has 104 valence electrons. The van der Waals surface area contributed by atoms with Gasteiger partial charge in [-0.2, -0.15) is 0 Å². The fraction of sp³-hybridized carbons (Fsp3) is 0.615. The third-order valence-corrected chi connectivity index (χ3v) is 2.84. The molecule has 1 aromatic heterocycles.